The molecule has 1 unspecified atom stereocenters. The van der Waals surface area contributed by atoms with E-state index in [2.05, 4.69) is 0 Å². The molecule has 2 aromatic rings. The number of aliphatic hydroxyl groups excluding tert-OH is 1. The first-order valence-electron chi connectivity index (χ1n) is 8.10. The Morgan fingerprint density at radius 1 is 1.00 bits per heavy atom. The van der Waals surface area contributed by atoms with E-state index in [1.807, 2.05) is 52.0 Å². The summed E-state index contributed by atoms with van der Waals surface area (Å²) in [6, 6.07) is 8.00. The van der Waals surface area contributed by atoms with Gasteiger partial charge in [0.2, 0.25) is 0 Å². The molecule has 3 rings (SSSR count). The van der Waals surface area contributed by atoms with E-state index in [1.54, 1.807) is 0 Å². The standard InChI is InChI=1S/C20H22O4/c1-11-7-13(3)18(23-6-5-21)15(9-11)17-16-10-12(2)8-14(4)19(16)24-20(17)22/h7-10,17,21H,5-6H2,1-4H3. The number of esters is 1. The number of hydrogen-bond donors (Lipinski definition) is 1. The molecule has 4 nitrogen and oxygen atoms in total. The summed E-state index contributed by atoms with van der Waals surface area (Å²) >= 11 is 0. The van der Waals surface area contributed by atoms with Gasteiger partial charge in [-0.05, 0) is 38.8 Å². The Labute approximate surface area is 142 Å². The number of fused-ring (bicyclic) bond motifs is 1. The van der Waals surface area contributed by atoms with E-state index in [9.17, 15) is 4.79 Å². The molecule has 4 heteroatoms. The first kappa shape index (κ1) is 16.5. The van der Waals surface area contributed by atoms with E-state index < -0.39 is 5.92 Å². The van der Waals surface area contributed by atoms with Crippen molar-refractivity contribution in [2.24, 2.45) is 0 Å². The van der Waals surface area contributed by atoms with Crippen LogP contribution in [-0.2, 0) is 4.79 Å². The highest BCUT2D eigenvalue weighted by molar-refractivity contribution is 5.91. The van der Waals surface area contributed by atoms with E-state index in [1.165, 1.54) is 0 Å². The quantitative estimate of drug-likeness (QED) is 0.691. The van der Waals surface area contributed by atoms with Gasteiger partial charge in [0, 0.05) is 11.1 Å². The fourth-order valence-corrected chi connectivity index (χ4v) is 3.47. The molecule has 0 radical (unpaired) electrons. The third kappa shape index (κ3) is 2.78. The second-order valence-electron chi connectivity index (χ2n) is 6.43. The first-order chi connectivity index (χ1) is 11.4. The smallest absolute Gasteiger partial charge is 0.323 e. The summed E-state index contributed by atoms with van der Waals surface area (Å²) < 4.78 is 11.3. The van der Waals surface area contributed by atoms with Crippen molar-refractivity contribution >= 4 is 5.97 Å². The molecule has 1 atom stereocenters. The molecule has 0 fully saturated rings. The minimum absolute atomic E-state index is 0.0727. The van der Waals surface area contributed by atoms with Gasteiger partial charge in [-0.3, -0.25) is 4.79 Å². The van der Waals surface area contributed by atoms with E-state index in [0.717, 1.165) is 33.4 Å². The highest BCUT2D eigenvalue weighted by Crippen LogP contribution is 2.45. The van der Waals surface area contributed by atoms with Crippen molar-refractivity contribution in [2.45, 2.75) is 33.6 Å². The Hall–Kier alpha value is -2.33. The molecule has 24 heavy (non-hydrogen) atoms. The first-order valence-corrected chi connectivity index (χ1v) is 8.10. The minimum atomic E-state index is -0.495. The molecular weight excluding hydrogens is 304 g/mol. The maximum Gasteiger partial charge on any atom is 0.323 e. The molecule has 0 saturated carbocycles. The predicted molar refractivity (Wildman–Crippen MR) is 91.9 cm³/mol. The average molecular weight is 326 g/mol. The van der Waals surface area contributed by atoms with Crippen molar-refractivity contribution < 1.29 is 19.4 Å². The molecule has 0 saturated heterocycles. The molecule has 1 aliphatic rings. The zero-order valence-corrected chi connectivity index (χ0v) is 14.5. The average Bonchev–Trinajstić information content (AvgIpc) is 2.82. The van der Waals surface area contributed by atoms with Gasteiger partial charge in [-0.15, -0.1) is 0 Å². The zero-order valence-electron chi connectivity index (χ0n) is 14.5. The second-order valence-corrected chi connectivity index (χ2v) is 6.43. The van der Waals surface area contributed by atoms with Crippen LogP contribution in [0.4, 0.5) is 0 Å². The molecule has 1 N–H and O–H groups in total. The Bertz CT molecular complexity index is 808. The second kappa shape index (κ2) is 6.29. The number of aryl methyl sites for hydroxylation is 4. The molecule has 2 aromatic carbocycles. The maximum atomic E-state index is 12.6. The van der Waals surface area contributed by atoms with Crippen molar-refractivity contribution in [3.63, 3.8) is 0 Å². The van der Waals surface area contributed by atoms with Gasteiger partial charge in [0.05, 0.1) is 6.61 Å². The molecule has 0 spiro atoms. The fraction of sp³-hybridized carbons (Fsp3) is 0.350. The van der Waals surface area contributed by atoms with Crippen LogP contribution in [0.15, 0.2) is 24.3 Å². The van der Waals surface area contributed by atoms with Gasteiger partial charge in [-0.25, -0.2) is 0 Å². The van der Waals surface area contributed by atoms with Gasteiger partial charge in [0.15, 0.2) is 0 Å². The molecule has 0 amide bonds. The number of hydrogen-bond acceptors (Lipinski definition) is 4. The number of ether oxygens (including phenoxy) is 2. The lowest BCUT2D eigenvalue weighted by Gasteiger charge is -2.18. The minimum Gasteiger partial charge on any atom is -0.491 e. The van der Waals surface area contributed by atoms with Crippen LogP contribution in [0, 0.1) is 27.7 Å². The van der Waals surface area contributed by atoms with Crippen molar-refractivity contribution in [1.29, 1.82) is 0 Å². The molecular formula is C20H22O4. The van der Waals surface area contributed by atoms with E-state index in [4.69, 9.17) is 14.6 Å². The lowest BCUT2D eigenvalue weighted by molar-refractivity contribution is -0.133. The summed E-state index contributed by atoms with van der Waals surface area (Å²) in [5.41, 5.74) is 5.75. The van der Waals surface area contributed by atoms with Gasteiger partial charge < -0.3 is 14.6 Å². The number of rotatable bonds is 4. The Kier molecular flexibility index (Phi) is 4.33. The topological polar surface area (TPSA) is 55.8 Å². The summed E-state index contributed by atoms with van der Waals surface area (Å²) in [4.78, 5) is 12.6. The van der Waals surface area contributed by atoms with Crippen LogP contribution >= 0.6 is 0 Å². The van der Waals surface area contributed by atoms with Gasteiger partial charge >= 0.3 is 5.97 Å². The number of aliphatic hydroxyl groups is 1. The SMILES string of the molecule is Cc1cc(C)c(OCCO)c(C2C(=O)Oc3c(C)cc(C)cc32)c1. The van der Waals surface area contributed by atoms with Crippen LogP contribution in [0.5, 0.6) is 11.5 Å². The van der Waals surface area contributed by atoms with Crippen LogP contribution < -0.4 is 9.47 Å². The molecule has 1 aliphatic heterocycles. The lowest BCUT2D eigenvalue weighted by Crippen LogP contribution is -2.15. The van der Waals surface area contributed by atoms with Crippen molar-refractivity contribution in [2.75, 3.05) is 13.2 Å². The van der Waals surface area contributed by atoms with Crippen molar-refractivity contribution in [1.82, 2.24) is 0 Å². The fourth-order valence-electron chi connectivity index (χ4n) is 3.47. The van der Waals surface area contributed by atoms with Crippen LogP contribution in [-0.4, -0.2) is 24.3 Å². The molecule has 0 aromatic heterocycles. The van der Waals surface area contributed by atoms with Gasteiger partial charge in [-0.2, -0.15) is 0 Å². The highest BCUT2D eigenvalue weighted by atomic mass is 16.5. The van der Waals surface area contributed by atoms with Crippen LogP contribution in [0.1, 0.15) is 39.3 Å². The van der Waals surface area contributed by atoms with E-state index >= 15 is 0 Å². The number of carbonyl (C=O) groups excluding carboxylic acids is 1. The van der Waals surface area contributed by atoms with Gasteiger partial charge in [0.25, 0.3) is 0 Å². The monoisotopic (exact) mass is 326 g/mol. The molecule has 0 bridgehead atoms. The van der Waals surface area contributed by atoms with E-state index in [-0.39, 0.29) is 19.2 Å². The Morgan fingerprint density at radius 3 is 2.29 bits per heavy atom. The third-order valence-corrected chi connectivity index (χ3v) is 4.29. The lowest BCUT2D eigenvalue weighted by atomic mass is 9.88. The third-order valence-electron chi connectivity index (χ3n) is 4.29. The Morgan fingerprint density at radius 2 is 1.62 bits per heavy atom. The van der Waals surface area contributed by atoms with Crippen LogP contribution in [0.2, 0.25) is 0 Å². The van der Waals surface area contributed by atoms with Crippen LogP contribution in [0.25, 0.3) is 0 Å². The van der Waals surface area contributed by atoms with Crippen molar-refractivity contribution in [3.05, 3.63) is 57.6 Å². The van der Waals surface area contributed by atoms with E-state index in [0.29, 0.717) is 11.5 Å². The molecule has 1 heterocycles. The number of benzene rings is 2. The summed E-state index contributed by atoms with van der Waals surface area (Å²) in [6.07, 6.45) is 0. The summed E-state index contributed by atoms with van der Waals surface area (Å²) in [6.45, 7) is 8.03. The maximum absolute atomic E-state index is 12.6. The van der Waals surface area contributed by atoms with Crippen LogP contribution in [0.3, 0.4) is 0 Å². The molecule has 126 valence electrons. The number of carbonyl (C=O) groups is 1. The summed E-state index contributed by atoms with van der Waals surface area (Å²) in [5, 5.41) is 9.10. The summed E-state index contributed by atoms with van der Waals surface area (Å²) in [5.74, 6) is 0.537. The summed E-state index contributed by atoms with van der Waals surface area (Å²) in [7, 11) is 0. The zero-order chi connectivity index (χ0) is 17.4. The Balaban J connectivity index is 2.18. The molecule has 0 aliphatic carbocycles. The normalized spacial score (nSPS) is 16.0. The predicted octanol–water partition coefficient (Wildman–Crippen LogP) is 3.34. The van der Waals surface area contributed by atoms with Gasteiger partial charge in [0.1, 0.15) is 24.0 Å². The highest BCUT2D eigenvalue weighted by Gasteiger charge is 2.38. The van der Waals surface area contributed by atoms with Crippen molar-refractivity contribution in [3.8, 4) is 11.5 Å². The van der Waals surface area contributed by atoms with Gasteiger partial charge in [-0.1, -0.05) is 35.4 Å². The largest absolute Gasteiger partial charge is 0.491 e.